The first-order valence-electron chi connectivity index (χ1n) is 6.63. The first kappa shape index (κ1) is 13.9. The molecule has 0 saturated carbocycles. The van der Waals surface area contributed by atoms with E-state index in [1.807, 2.05) is 6.07 Å². The van der Waals surface area contributed by atoms with Crippen molar-refractivity contribution in [1.82, 2.24) is 0 Å². The van der Waals surface area contributed by atoms with E-state index in [0.29, 0.717) is 0 Å². The summed E-state index contributed by atoms with van der Waals surface area (Å²) in [4.78, 5) is 0. The predicted molar refractivity (Wildman–Crippen MR) is 72.0 cm³/mol. The van der Waals surface area contributed by atoms with E-state index in [9.17, 15) is 0 Å². The van der Waals surface area contributed by atoms with Crippen molar-refractivity contribution in [2.75, 3.05) is 13.2 Å². The van der Waals surface area contributed by atoms with Crippen LogP contribution in [0.2, 0.25) is 0 Å². The molecular formula is C15H24O2. The second-order valence-electron chi connectivity index (χ2n) is 4.39. The smallest absolute Gasteiger partial charge is 0.123 e. The third-order valence-corrected chi connectivity index (χ3v) is 2.56. The van der Waals surface area contributed by atoms with Gasteiger partial charge in [0.1, 0.15) is 11.5 Å². The van der Waals surface area contributed by atoms with Crippen LogP contribution in [0.3, 0.4) is 0 Å². The molecule has 0 aliphatic carbocycles. The molecule has 0 aliphatic rings. The van der Waals surface area contributed by atoms with Gasteiger partial charge >= 0.3 is 0 Å². The summed E-state index contributed by atoms with van der Waals surface area (Å²) in [5.74, 6) is 1.84. The fourth-order valence-electron chi connectivity index (χ4n) is 1.55. The Morgan fingerprint density at radius 1 is 0.824 bits per heavy atom. The van der Waals surface area contributed by atoms with Crippen LogP contribution in [0.1, 0.15) is 45.1 Å². The molecule has 0 aliphatic heterocycles. The van der Waals surface area contributed by atoms with Crippen LogP contribution in [0, 0.1) is 6.92 Å². The van der Waals surface area contributed by atoms with Gasteiger partial charge < -0.3 is 9.47 Å². The average Bonchev–Trinajstić information content (AvgIpc) is 2.29. The van der Waals surface area contributed by atoms with Crippen LogP contribution in [0.15, 0.2) is 18.2 Å². The Hall–Kier alpha value is -1.18. The van der Waals surface area contributed by atoms with Crippen molar-refractivity contribution in [1.29, 1.82) is 0 Å². The van der Waals surface area contributed by atoms with E-state index in [2.05, 4.69) is 32.9 Å². The van der Waals surface area contributed by atoms with Gasteiger partial charge in [0.15, 0.2) is 0 Å². The second-order valence-corrected chi connectivity index (χ2v) is 4.39. The van der Waals surface area contributed by atoms with E-state index >= 15 is 0 Å². The molecule has 0 fully saturated rings. The van der Waals surface area contributed by atoms with Crippen molar-refractivity contribution in [3.05, 3.63) is 23.8 Å². The maximum absolute atomic E-state index is 5.69. The van der Waals surface area contributed by atoms with E-state index < -0.39 is 0 Å². The molecule has 0 aromatic heterocycles. The molecule has 1 rings (SSSR count). The summed E-state index contributed by atoms with van der Waals surface area (Å²) in [6.07, 6.45) is 4.51. The number of hydrogen-bond acceptors (Lipinski definition) is 2. The van der Waals surface area contributed by atoms with Crippen molar-refractivity contribution in [2.45, 2.75) is 46.5 Å². The molecule has 0 spiro atoms. The predicted octanol–water partition coefficient (Wildman–Crippen LogP) is 4.35. The van der Waals surface area contributed by atoms with Crippen LogP contribution in [0.4, 0.5) is 0 Å². The van der Waals surface area contributed by atoms with Gasteiger partial charge in [-0.25, -0.2) is 0 Å². The van der Waals surface area contributed by atoms with Crippen molar-refractivity contribution in [2.24, 2.45) is 0 Å². The lowest BCUT2D eigenvalue weighted by molar-refractivity contribution is 0.294. The Labute approximate surface area is 105 Å². The number of unbranched alkanes of at least 4 members (excludes halogenated alkanes) is 2. The maximum Gasteiger partial charge on any atom is 0.123 e. The average molecular weight is 236 g/mol. The van der Waals surface area contributed by atoms with Crippen molar-refractivity contribution >= 4 is 0 Å². The zero-order valence-corrected chi connectivity index (χ0v) is 11.3. The Kier molecular flexibility index (Phi) is 6.53. The first-order chi connectivity index (χ1) is 8.26. The zero-order chi connectivity index (χ0) is 12.5. The van der Waals surface area contributed by atoms with Gasteiger partial charge in [-0.3, -0.25) is 0 Å². The van der Waals surface area contributed by atoms with E-state index in [1.54, 1.807) is 0 Å². The van der Waals surface area contributed by atoms with Crippen molar-refractivity contribution < 1.29 is 9.47 Å². The van der Waals surface area contributed by atoms with Crippen molar-refractivity contribution in [3.8, 4) is 11.5 Å². The van der Waals surface area contributed by atoms with Crippen LogP contribution in [0.5, 0.6) is 11.5 Å². The van der Waals surface area contributed by atoms with Gasteiger partial charge in [0.05, 0.1) is 13.2 Å². The Morgan fingerprint density at radius 2 is 1.29 bits per heavy atom. The minimum absolute atomic E-state index is 0.786. The topological polar surface area (TPSA) is 18.5 Å². The van der Waals surface area contributed by atoms with Crippen molar-refractivity contribution in [3.63, 3.8) is 0 Å². The van der Waals surface area contributed by atoms with Crippen LogP contribution in [0.25, 0.3) is 0 Å². The first-order valence-corrected chi connectivity index (χ1v) is 6.63. The van der Waals surface area contributed by atoms with E-state index in [4.69, 9.17) is 9.47 Å². The summed E-state index contributed by atoms with van der Waals surface area (Å²) in [6.45, 7) is 7.97. The lowest BCUT2D eigenvalue weighted by Gasteiger charge is -2.10. The maximum atomic E-state index is 5.69. The Balaban J connectivity index is 2.53. The Morgan fingerprint density at radius 3 is 1.71 bits per heavy atom. The van der Waals surface area contributed by atoms with Crippen LogP contribution in [-0.2, 0) is 0 Å². The van der Waals surface area contributed by atoms with Crippen LogP contribution >= 0.6 is 0 Å². The second kappa shape index (κ2) is 7.99. The minimum atomic E-state index is 0.786. The number of ether oxygens (including phenoxy) is 2. The lowest BCUT2D eigenvalue weighted by Crippen LogP contribution is -1.99. The highest BCUT2D eigenvalue weighted by Crippen LogP contribution is 2.23. The van der Waals surface area contributed by atoms with Gasteiger partial charge in [-0.1, -0.05) is 26.7 Å². The van der Waals surface area contributed by atoms with Crippen LogP contribution < -0.4 is 9.47 Å². The SMILES string of the molecule is CCCCOc1cc(C)cc(OCCCC)c1. The molecule has 1 aromatic carbocycles. The standard InChI is InChI=1S/C15H24O2/c1-4-6-8-16-14-10-13(3)11-15(12-14)17-9-7-5-2/h10-12H,4-9H2,1-3H3. The molecule has 0 bridgehead atoms. The summed E-state index contributed by atoms with van der Waals surface area (Å²) in [5, 5.41) is 0. The van der Waals surface area contributed by atoms with Crippen LogP contribution in [-0.4, -0.2) is 13.2 Å². The molecule has 0 saturated heterocycles. The van der Waals surface area contributed by atoms with Gasteiger partial charge in [0, 0.05) is 6.07 Å². The molecular weight excluding hydrogens is 212 g/mol. The summed E-state index contributed by atoms with van der Waals surface area (Å²) >= 11 is 0. The van der Waals surface area contributed by atoms with Gasteiger partial charge in [0.2, 0.25) is 0 Å². The number of rotatable bonds is 8. The third-order valence-electron chi connectivity index (χ3n) is 2.56. The quantitative estimate of drug-likeness (QED) is 0.625. The number of aryl methyl sites for hydroxylation is 1. The third kappa shape index (κ3) is 5.62. The molecule has 2 nitrogen and oxygen atoms in total. The molecule has 0 amide bonds. The highest BCUT2D eigenvalue weighted by molar-refractivity contribution is 5.37. The van der Waals surface area contributed by atoms with E-state index in [1.165, 1.54) is 5.56 Å². The minimum Gasteiger partial charge on any atom is -0.493 e. The molecule has 2 heteroatoms. The molecule has 0 atom stereocenters. The molecule has 1 aromatic rings. The number of benzene rings is 1. The van der Waals surface area contributed by atoms with Gasteiger partial charge in [-0.15, -0.1) is 0 Å². The van der Waals surface area contributed by atoms with Gasteiger partial charge in [-0.05, 0) is 37.5 Å². The molecule has 96 valence electrons. The lowest BCUT2D eigenvalue weighted by atomic mass is 10.2. The van der Waals surface area contributed by atoms with E-state index in [-0.39, 0.29) is 0 Å². The molecule has 17 heavy (non-hydrogen) atoms. The van der Waals surface area contributed by atoms with Gasteiger partial charge in [-0.2, -0.15) is 0 Å². The molecule has 0 unspecified atom stereocenters. The number of hydrogen-bond donors (Lipinski definition) is 0. The Bertz CT molecular complexity index is 292. The summed E-state index contributed by atoms with van der Waals surface area (Å²) in [5.41, 5.74) is 1.19. The summed E-state index contributed by atoms with van der Waals surface area (Å²) in [6, 6.07) is 6.10. The molecule has 0 radical (unpaired) electrons. The molecule has 0 heterocycles. The largest absolute Gasteiger partial charge is 0.493 e. The van der Waals surface area contributed by atoms with Gasteiger partial charge in [0.25, 0.3) is 0 Å². The normalized spacial score (nSPS) is 10.3. The zero-order valence-electron chi connectivity index (χ0n) is 11.3. The summed E-state index contributed by atoms with van der Waals surface area (Å²) in [7, 11) is 0. The van der Waals surface area contributed by atoms with E-state index in [0.717, 1.165) is 50.4 Å². The molecule has 0 N–H and O–H groups in total. The fourth-order valence-corrected chi connectivity index (χ4v) is 1.55. The highest BCUT2D eigenvalue weighted by Gasteiger charge is 2.00. The monoisotopic (exact) mass is 236 g/mol. The fraction of sp³-hybridized carbons (Fsp3) is 0.600. The summed E-state index contributed by atoms with van der Waals surface area (Å²) < 4.78 is 11.4. The highest BCUT2D eigenvalue weighted by atomic mass is 16.5.